The monoisotopic (exact) mass is 410 g/mol. The van der Waals surface area contributed by atoms with E-state index in [9.17, 15) is 8.42 Å². The van der Waals surface area contributed by atoms with Crippen LogP contribution >= 0.6 is 15.9 Å². The van der Waals surface area contributed by atoms with Crippen LogP contribution in [-0.2, 0) is 10.0 Å². The zero-order valence-corrected chi connectivity index (χ0v) is 15.7. The topological polar surface area (TPSA) is 62.6 Å². The molecule has 7 heteroatoms. The quantitative estimate of drug-likeness (QED) is 0.779. The van der Waals surface area contributed by atoms with Gasteiger partial charge in [-0.3, -0.25) is 0 Å². The average molecular weight is 411 g/mol. The molecule has 0 spiro atoms. The van der Waals surface area contributed by atoms with Crippen LogP contribution in [0, 0.1) is 0 Å². The fourth-order valence-electron chi connectivity index (χ4n) is 2.57. The molecule has 0 saturated heterocycles. The first-order valence-corrected chi connectivity index (χ1v) is 10.2. The van der Waals surface area contributed by atoms with Crippen molar-refractivity contribution in [2.24, 2.45) is 0 Å². The van der Waals surface area contributed by atoms with Gasteiger partial charge in [-0.2, -0.15) is 0 Å². The molecular formula is C17H19BrN2O3S. The molecule has 0 unspecified atom stereocenters. The normalized spacial score (nSPS) is 18.4. The van der Waals surface area contributed by atoms with Gasteiger partial charge in [0.15, 0.2) is 0 Å². The van der Waals surface area contributed by atoms with Gasteiger partial charge < -0.3 is 9.84 Å². The third kappa shape index (κ3) is 3.58. The summed E-state index contributed by atoms with van der Waals surface area (Å²) >= 11 is 3.41. The second-order valence-corrected chi connectivity index (χ2v) is 8.51. The number of hydrogen-bond acceptors (Lipinski definition) is 4. The Kier molecular flexibility index (Phi) is 5.12. The summed E-state index contributed by atoms with van der Waals surface area (Å²) in [6.07, 6.45) is 4.88. The van der Waals surface area contributed by atoms with Crippen molar-refractivity contribution in [3.05, 3.63) is 64.5 Å². The van der Waals surface area contributed by atoms with Gasteiger partial charge >= 0.3 is 0 Å². The van der Waals surface area contributed by atoms with Crippen LogP contribution in [-0.4, -0.2) is 18.6 Å². The van der Waals surface area contributed by atoms with E-state index in [-0.39, 0.29) is 5.75 Å². The van der Waals surface area contributed by atoms with Crippen LogP contribution in [0.1, 0.15) is 37.1 Å². The number of halogens is 1. The number of nitrogens with zero attached hydrogens (tertiary/aromatic N) is 1. The second kappa shape index (κ2) is 7.13. The molecule has 1 N–H and O–H groups in total. The van der Waals surface area contributed by atoms with Crippen LogP contribution in [0.4, 0.5) is 0 Å². The molecule has 0 fully saturated rings. The molecule has 128 valence electrons. The van der Waals surface area contributed by atoms with E-state index in [1.54, 1.807) is 18.4 Å². The molecule has 2 heterocycles. The Morgan fingerprint density at radius 2 is 2.00 bits per heavy atom. The Balaban J connectivity index is 1.94. The Bertz CT molecular complexity index is 814. The second-order valence-electron chi connectivity index (χ2n) is 5.62. The average Bonchev–Trinajstić information content (AvgIpc) is 3.23. The zero-order chi connectivity index (χ0) is 17.2. The highest BCUT2D eigenvalue weighted by Crippen LogP contribution is 2.34. The van der Waals surface area contributed by atoms with Crippen LogP contribution in [0.3, 0.4) is 0 Å². The Morgan fingerprint density at radius 1 is 1.25 bits per heavy atom. The molecule has 0 bridgehead atoms. The highest BCUT2D eigenvalue weighted by atomic mass is 79.9. The van der Waals surface area contributed by atoms with Crippen molar-refractivity contribution in [3.8, 4) is 0 Å². The lowest BCUT2D eigenvalue weighted by molar-refractivity contribution is 0.309. The van der Waals surface area contributed by atoms with E-state index < -0.39 is 16.1 Å². The van der Waals surface area contributed by atoms with Gasteiger partial charge in [-0.05, 0) is 42.3 Å². The molecule has 5 nitrogen and oxygen atoms in total. The molecule has 1 aliphatic heterocycles. The number of unbranched alkanes of at least 4 members (excludes halogenated alkanes) is 1. The summed E-state index contributed by atoms with van der Waals surface area (Å²) in [6, 6.07) is 10.8. The molecule has 24 heavy (non-hydrogen) atoms. The Hall–Kier alpha value is -1.57. The first-order valence-electron chi connectivity index (χ1n) is 7.81. The van der Waals surface area contributed by atoms with Crippen molar-refractivity contribution in [2.45, 2.75) is 25.8 Å². The molecular weight excluding hydrogens is 392 g/mol. The minimum Gasteiger partial charge on any atom is -0.467 e. The van der Waals surface area contributed by atoms with Crippen molar-refractivity contribution in [1.82, 2.24) is 9.84 Å². The van der Waals surface area contributed by atoms with Gasteiger partial charge in [0.2, 0.25) is 10.0 Å². The SMILES string of the molecule is CCCCS(=O)(=O)N1NC(c2ccc(Br)cc2)=C[C@H]1c1ccco1. The van der Waals surface area contributed by atoms with Crippen LogP contribution in [0.25, 0.3) is 5.70 Å². The predicted molar refractivity (Wildman–Crippen MR) is 97.2 cm³/mol. The number of rotatable bonds is 6. The van der Waals surface area contributed by atoms with Crippen molar-refractivity contribution in [1.29, 1.82) is 0 Å². The maximum absolute atomic E-state index is 12.7. The predicted octanol–water partition coefficient (Wildman–Crippen LogP) is 4.07. The molecule has 0 amide bonds. The van der Waals surface area contributed by atoms with Gasteiger partial charge in [0.25, 0.3) is 0 Å². The largest absolute Gasteiger partial charge is 0.467 e. The van der Waals surface area contributed by atoms with E-state index >= 15 is 0 Å². The summed E-state index contributed by atoms with van der Waals surface area (Å²) in [5.74, 6) is 0.699. The number of hydrogen-bond donors (Lipinski definition) is 1. The number of furan rings is 1. The molecule has 1 aliphatic rings. The fourth-order valence-corrected chi connectivity index (χ4v) is 4.43. The summed E-state index contributed by atoms with van der Waals surface area (Å²) in [7, 11) is -3.45. The first kappa shape index (κ1) is 17.3. The van der Waals surface area contributed by atoms with Crippen molar-refractivity contribution in [3.63, 3.8) is 0 Å². The van der Waals surface area contributed by atoms with Crippen LogP contribution < -0.4 is 5.43 Å². The van der Waals surface area contributed by atoms with Gasteiger partial charge in [0, 0.05) is 4.47 Å². The van der Waals surface area contributed by atoms with Gasteiger partial charge in [0.1, 0.15) is 11.8 Å². The van der Waals surface area contributed by atoms with Gasteiger partial charge in [-0.15, -0.1) is 4.41 Å². The molecule has 0 radical (unpaired) electrons. The molecule has 1 aromatic carbocycles. The molecule has 2 aromatic rings. The standard InChI is InChI=1S/C17H19BrN2O3S/c1-2-3-11-24(21,22)20-16(17-5-4-10-23-17)12-15(19-20)13-6-8-14(18)9-7-13/h4-10,12,16,19H,2-3,11H2,1H3/t16-/m0/s1. The third-order valence-corrected chi connectivity index (χ3v) is 6.10. The van der Waals surface area contributed by atoms with Crippen molar-refractivity contribution in [2.75, 3.05) is 5.75 Å². The fraction of sp³-hybridized carbons (Fsp3) is 0.294. The van der Waals surface area contributed by atoms with E-state index in [4.69, 9.17) is 4.42 Å². The summed E-state index contributed by atoms with van der Waals surface area (Å²) < 4.78 is 33.1. The highest BCUT2D eigenvalue weighted by molar-refractivity contribution is 9.10. The number of nitrogens with one attached hydrogen (secondary N) is 1. The highest BCUT2D eigenvalue weighted by Gasteiger charge is 2.36. The lowest BCUT2D eigenvalue weighted by atomic mass is 10.1. The van der Waals surface area contributed by atoms with E-state index in [1.165, 1.54) is 4.41 Å². The van der Waals surface area contributed by atoms with Crippen LogP contribution in [0.15, 0.2) is 57.6 Å². The van der Waals surface area contributed by atoms with Crippen molar-refractivity contribution >= 4 is 31.7 Å². The minimum absolute atomic E-state index is 0.106. The molecule has 1 aromatic heterocycles. The lowest BCUT2D eigenvalue weighted by Crippen LogP contribution is -2.40. The van der Waals surface area contributed by atoms with Gasteiger partial charge in [-0.1, -0.05) is 41.4 Å². The maximum atomic E-state index is 12.7. The van der Waals surface area contributed by atoms with E-state index in [0.29, 0.717) is 12.2 Å². The minimum atomic E-state index is -3.45. The summed E-state index contributed by atoms with van der Waals surface area (Å²) in [5, 5.41) is 0. The van der Waals surface area contributed by atoms with E-state index in [0.717, 1.165) is 22.2 Å². The van der Waals surface area contributed by atoms with Crippen LogP contribution in [0.5, 0.6) is 0 Å². The number of benzene rings is 1. The van der Waals surface area contributed by atoms with Crippen molar-refractivity contribution < 1.29 is 12.8 Å². The van der Waals surface area contributed by atoms with Gasteiger partial charge in [0.05, 0.1) is 17.7 Å². The Labute approximate surface area is 150 Å². The van der Waals surface area contributed by atoms with Gasteiger partial charge in [-0.25, -0.2) is 8.42 Å². The molecule has 1 atom stereocenters. The van der Waals surface area contributed by atoms with E-state index in [1.807, 2.05) is 37.3 Å². The third-order valence-electron chi connectivity index (χ3n) is 3.85. The van der Waals surface area contributed by atoms with Crippen LogP contribution in [0.2, 0.25) is 0 Å². The number of sulfonamides is 1. The molecule has 0 saturated carbocycles. The first-order chi connectivity index (χ1) is 11.5. The Morgan fingerprint density at radius 3 is 2.62 bits per heavy atom. The lowest BCUT2D eigenvalue weighted by Gasteiger charge is -2.23. The zero-order valence-electron chi connectivity index (χ0n) is 13.3. The molecule has 0 aliphatic carbocycles. The maximum Gasteiger partial charge on any atom is 0.231 e. The number of hydrazine groups is 1. The molecule has 3 rings (SSSR count). The smallest absolute Gasteiger partial charge is 0.231 e. The van der Waals surface area contributed by atoms with E-state index in [2.05, 4.69) is 21.4 Å². The summed E-state index contributed by atoms with van der Waals surface area (Å²) in [6.45, 7) is 1.97. The summed E-state index contributed by atoms with van der Waals surface area (Å²) in [5.41, 5.74) is 4.72. The summed E-state index contributed by atoms with van der Waals surface area (Å²) in [4.78, 5) is 0.